The monoisotopic (exact) mass is 360 g/mol. The summed E-state index contributed by atoms with van der Waals surface area (Å²) in [5, 5.41) is 1.61. The SMILES string of the molecule is Cn1c(SCC2CC2(Cl)Cl)nc2sc3c(c2c1=O)CCC3. The van der Waals surface area contributed by atoms with Gasteiger partial charge in [0.05, 0.1) is 5.39 Å². The number of thiophene rings is 1. The number of halogens is 2. The summed E-state index contributed by atoms with van der Waals surface area (Å²) in [6, 6.07) is 0. The molecule has 0 N–H and O–H groups in total. The van der Waals surface area contributed by atoms with Gasteiger partial charge in [0, 0.05) is 23.6 Å². The van der Waals surface area contributed by atoms with Crippen molar-refractivity contribution in [1.29, 1.82) is 0 Å². The fourth-order valence-electron chi connectivity index (χ4n) is 2.86. The molecule has 0 saturated heterocycles. The lowest BCUT2D eigenvalue weighted by Crippen LogP contribution is -2.20. The quantitative estimate of drug-likeness (QED) is 0.474. The van der Waals surface area contributed by atoms with Crippen LogP contribution in [0.2, 0.25) is 0 Å². The van der Waals surface area contributed by atoms with E-state index >= 15 is 0 Å². The first kappa shape index (κ1) is 14.4. The summed E-state index contributed by atoms with van der Waals surface area (Å²) >= 11 is 15.4. The van der Waals surface area contributed by atoms with Crippen LogP contribution in [0.5, 0.6) is 0 Å². The van der Waals surface area contributed by atoms with E-state index in [1.54, 1.807) is 34.7 Å². The first-order valence-electron chi connectivity index (χ1n) is 6.99. The van der Waals surface area contributed by atoms with E-state index in [2.05, 4.69) is 0 Å². The molecule has 0 bridgehead atoms. The summed E-state index contributed by atoms with van der Waals surface area (Å²) in [4.78, 5) is 19.6. The molecule has 0 aromatic carbocycles. The Labute approximate surface area is 140 Å². The second kappa shape index (κ2) is 4.88. The zero-order valence-electron chi connectivity index (χ0n) is 11.5. The van der Waals surface area contributed by atoms with Crippen LogP contribution in [0.4, 0.5) is 0 Å². The van der Waals surface area contributed by atoms with Gasteiger partial charge < -0.3 is 0 Å². The average Bonchev–Trinajstić information content (AvgIpc) is 2.79. The van der Waals surface area contributed by atoms with Crippen LogP contribution in [0.15, 0.2) is 9.95 Å². The summed E-state index contributed by atoms with van der Waals surface area (Å²) < 4.78 is 1.10. The number of hydrogen-bond donors (Lipinski definition) is 0. The number of nitrogens with zero attached hydrogens (tertiary/aromatic N) is 2. The van der Waals surface area contributed by atoms with Crippen LogP contribution in [-0.4, -0.2) is 19.6 Å². The number of rotatable bonds is 3. The maximum absolute atomic E-state index is 12.6. The minimum atomic E-state index is -0.569. The minimum Gasteiger partial charge on any atom is -0.290 e. The smallest absolute Gasteiger partial charge is 0.262 e. The molecule has 1 fully saturated rings. The fourth-order valence-corrected chi connectivity index (χ4v) is 6.06. The van der Waals surface area contributed by atoms with Crippen LogP contribution < -0.4 is 5.56 Å². The molecule has 2 aliphatic carbocycles. The van der Waals surface area contributed by atoms with Gasteiger partial charge in [-0.05, 0) is 31.2 Å². The largest absolute Gasteiger partial charge is 0.290 e. The third-order valence-electron chi connectivity index (χ3n) is 4.27. The molecule has 2 aromatic rings. The summed E-state index contributed by atoms with van der Waals surface area (Å²) in [7, 11) is 1.80. The topological polar surface area (TPSA) is 34.9 Å². The highest BCUT2D eigenvalue weighted by Crippen LogP contribution is 2.54. The molecule has 0 amide bonds. The number of fused-ring (bicyclic) bond motifs is 3. The predicted molar refractivity (Wildman–Crippen MR) is 90.2 cm³/mol. The summed E-state index contributed by atoms with van der Waals surface area (Å²) in [6.45, 7) is 0. The Hall–Kier alpha value is -0.230. The van der Waals surface area contributed by atoms with Gasteiger partial charge in [-0.3, -0.25) is 9.36 Å². The molecule has 2 aliphatic rings. The molecule has 7 heteroatoms. The van der Waals surface area contributed by atoms with Gasteiger partial charge in [0.1, 0.15) is 9.16 Å². The molecule has 1 unspecified atom stereocenters. The van der Waals surface area contributed by atoms with Crippen molar-refractivity contribution >= 4 is 56.5 Å². The van der Waals surface area contributed by atoms with Crippen molar-refractivity contribution in [3.63, 3.8) is 0 Å². The predicted octanol–water partition coefficient (Wildman–Crippen LogP) is 3.77. The molecule has 4 rings (SSSR count). The summed E-state index contributed by atoms with van der Waals surface area (Å²) in [5.41, 5.74) is 1.32. The van der Waals surface area contributed by atoms with Gasteiger partial charge in [0.15, 0.2) is 5.16 Å². The van der Waals surface area contributed by atoms with E-state index in [1.165, 1.54) is 10.4 Å². The van der Waals surface area contributed by atoms with Crippen molar-refractivity contribution in [1.82, 2.24) is 9.55 Å². The number of alkyl halides is 2. The molecule has 0 aliphatic heterocycles. The second-order valence-corrected chi connectivity index (χ2v) is 9.38. The van der Waals surface area contributed by atoms with E-state index in [4.69, 9.17) is 28.2 Å². The number of thioether (sulfide) groups is 1. The van der Waals surface area contributed by atoms with Crippen LogP contribution in [0, 0.1) is 5.92 Å². The second-order valence-electron chi connectivity index (χ2n) is 5.77. The molecule has 21 heavy (non-hydrogen) atoms. The molecule has 1 saturated carbocycles. The van der Waals surface area contributed by atoms with Crippen molar-refractivity contribution in [3.8, 4) is 0 Å². The Bertz CT molecular complexity index is 796. The molecule has 2 aromatic heterocycles. The average molecular weight is 361 g/mol. The lowest BCUT2D eigenvalue weighted by atomic mass is 10.2. The number of aryl methyl sites for hydroxylation is 2. The molecule has 0 radical (unpaired) electrons. The lowest BCUT2D eigenvalue weighted by molar-refractivity contribution is 0.725. The molecule has 0 spiro atoms. The van der Waals surface area contributed by atoms with Gasteiger partial charge >= 0.3 is 0 Å². The standard InChI is InChI=1S/C14H14Cl2N2OS2/c1-18-12(19)10-8-3-2-4-9(8)21-11(10)17-13(18)20-6-7-5-14(7,15)16/h7H,2-6H2,1H3. The van der Waals surface area contributed by atoms with Gasteiger partial charge in [0.2, 0.25) is 0 Å². The Morgan fingerprint density at radius 3 is 2.95 bits per heavy atom. The van der Waals surface area contributed by atoms with Gasteiger partial charge in [0.25, 0.3) is 5.56 Å². The molecule has 112 valence electrons. The number of aromatic nitrogens is 2. The number of hydrogen-bond acceptors (Lipinski definition) is 4. The van der Waals surface area contributed by atoms with Gasteiger partial charge in [-0.15, -0.1) is 34.5 Å². The Kier molecular flexibility index (Phi) is 3.34. The van der Waals surface area contributed by atoms with Crippen LogP contribution in [0.3, 0.4) is 0 Å². The Morgan fingerprint density at radius 1 is 1.48 bits per heavy atom. The van der Waals surface area contributed by atoms with E-state index in [9.17, 15) is 4.79 Å². The highest BCUT2D eigenvalue weighted by atomic mass is 35.5. The fraction of sp³-hybridized carbons (Fsp3) is 0.571. The summed E-state index contributed by atoms with van der Waals surface area (Å²) in [5.74, 6) is 1.11. The van der Waals surface area contributed by atoms with E-state index in [-0.39, 0.29) is 5.56 Å². The highest BCUT2D eigenvalue weighted by Gasteiger charge is 2.51. The van der Waals surface area contributed by atoms with E-state index in [1.807, 2.05) is 0 Å². The van der Waals surface area contributed by atoms with E-state index < -0.39 is 4.33 Å². The first-order valence-corrected chi connectivity index (χ1v) is 9.55. The summed E-state index contributed by atoms with van der Waals surface area (Å²) in [6.07, 6.45) is 4.09. The normalized spacial score (nSPS) is 22.7. The highest BCUT2D eigenvalue weighted by molar-refractivity contribution is 7.99. The van der Waals surface area contributed by atoms with Crippen molar-refractivity contribution in [2.45, 2.75) is 35.2 Å². The van der Waals surface area contributed by atoms with Crippen molar-refractivity contribution in [3.05, 3.63) is 20.8 Å². The molecular formula is C14H14Cl2N2OS2. The van der Waals surface area contributed by atoms with E-state index in [0.29, 0.717) is 5.92 Å². The molecule has 1 atom stereocenters. The van der Waals surface area contributed by atoms with Crippen molar-refractivity contribution in [2.75, 3.05) is 5.75 Å². The maximum Gasteiger partial charge on any atom is 0.262 e. The van der Waals surface area contributed by atoms with Crippen molar-refractivity contribution < 1.29 is 0 Å². The van der Waals surface area contributed by atoms with Crippen LogP contribution in [0.25, 0.3) is 10.2 Å². The van der Waals surface area contributed by atoms with Gasteiger partial charge in [-0.1, -0.05) is 11.8 Å². The van der Waals surface area contributed by atoms with Crippen LogP contribution in [-0.2, 0) is 19.9 Å². The molecule has 2 heterocycles. The zero-order valence-corrected chi connectivity index (χ0v) is 14.6. The zero-order chi connectivity index (χ0) is 14.8. The first-order chi connectivity index (χ1) is 9.97. The maximum atomic E-state index is 12.6. The minimum absolute atomic E-state index is 0.0840. The molecule has 3 nitrogen and oxygen atoms in total. The van der Waals surface area contributed by atoms with Crippen LogP contribution in [0.1, 0.15) is 23.3 Å². The third kappa shape index (κ3) is 2.33. The Morgan fingerprint density at radius 2 is 2.24 bits per heavy atom. The van der Waals surface area contributed by atoms with Gasteiger partial charge in [-0.2, -0.15) is 0 Å². The third-order valence-corrected chi connectivity index (χ3v) is 7.58. The van der Waals surface area contributed by atoms with E-state index in [0.717, 1.165) is 46.8 Å². The lowest BCUT2D eigenvalue weighted by Gasteiger charge is -2.07. The Balaban J connectivity index is 1.70. The molecular weight excluding hydrogens is 347 g/mol. The van der Waals surface area contributed by atoms with Crippen molar-refractivity contribution in [2.24, 2.45) is 13.0 Å². The van der Waals surface area contributed by atoms with Gasteiger partial charge in [-0.25, -0.2) is 4.98 Å². The van der Waals surface area contributed by atoms with Crippen LogP contribution >= 0.6 is 46.3 Å².